The second-order valence-electron chi connectivity index (χ2n) is 3.37. The molecule has 0 heterocycles. The highest BCUT2D eigenvalue weighted by Gasteiger charge is 2.28. The summed E-state index contributed by atoms with van der Waals surface area (Å²) in [6.45, 7) is 0. The molecule has 0 aliphatic rings. The standard InChI is InChI=1S/C10H9Br2F3O/c11-7-3-6(4-8(12)5-7)9(16)1-2-10(13,14)15/h3-5,9,16H,1-2H2. The van der Waals surface area contributed by atoms with E-state index in [0.717, 1.165) is 0 Å². The summed E-state index contributed by atoms with van der Waals surface area (Å²) >= 11 is 6.42. The summed E-state index contributed by atoms with van der Waals surface area (Å²) in [7, 11) is 0. The molecule has 1 aromatic rings. The second kappa shape index (κ2) is 5.51. The fraction of sp³-hybridized carbons (Fsp3) is 0.400. The average Bonchev–Trinajstić information content (AvgIpc) is 2.11. The van der Waals surface area contributed by atoms with Gasteiger partial charge in [0, 0.05) is 15.4 Å². The van der Waals surface area contributed by atoms with E-state index in [9.17, 15) is 18.3 Å². The first-order valence-corrected chi connectivity index (χ1v) is 6.07. The Morgan fingerprint density at radius 1 is 1.12 bits per heavy atom. The van der Waals surface area contributed by atoms with Crippen LogP contribution in [-0.4, -0.2) is 11.3 Å². The largest absolute Gasteiger partial charge is 0.389 e. The maximum atomic E-state index is 12.0. The SMILES string of the molecule is OC(CCC(F)(F)F)c1cc(Br)cc(Br)c1. The summed E-state index contributed by atoms with van der Waals surface area (Å²) in [5.41, 5.74) is 0.463. The van der Waals surface area contributed by atoms with Gasteiger partial charge in [0.05, 0.1) is 6.10 Å². The van der Waals surface area contributed by atoms with Crippen LogP contribution in [0.4, 0.5) is 13.2 Å². The first kappa shape index (κ1) is 14.0. The Morgan fingerprint density at radius 2 is 1.62 bits per heavy atom. The molecule has 0 bridgehead atoms. The van der Waals surface area contributed by atoms with Gasteiger partial charge in [-0.25, -0.2) is 0 Å². The monoisotopic (exact) mass is 360 g/mol. The van der Waals surface area contributed by atoms with Crippen molar-refractivity contribution in [1.29, 1.82) is 0 Å². The molecule has 1 aromatic carbocycles. The normalized spacial score (nSPS) is 13.9. The van der Waals surface area contributed by atoms with E-state index in [-0.39, 0.29) is 6.42 Å². The molecule has 0 radical (unpaired) electrons. The van der Waals surface area contributed by atoms with E-state index >= 15 is 0 Å². The third-order valence-electron chi connectivity index (χ3n) is 1.97. The Bertz CT molecular complexity index is 345. The molecule has 90 valence electrons. The molecule has 0 saturated carbocycles. The smallest absolute Gasteiger partial charge is 0.388 e. The molecule has 0 aromatic heterocycles. The topological polar surface area (TPSA) is 20.2 Å². The lowest BCUT2D eigenvalue weighted by atomic mass is 10.1. The van der Waals surface area contributed by atoms with Crippen molar-refractivity contribution in [3.05, 3.63) is 32.7 Å². The highest BCUT2D eigenvalue weighted by atomic mass is 79.9. The minimum atomic E-state index is -4.23. The van der Waals surface area contributed by atoms with E-state index in [2.05, 4.69) is 31.9 Å². The number of benzene rings is 1. The third-order valence-corrected chi connectivity index (χ3v) is 2.89. The molecule has 0 amide bonds. The first-order chi connectivity index (χ1) is 7.28. The van der Waals surface area contributed by atoms with Crippen molar-refractivity contribution in [3.63, 3.8) is 0 Å². The van der Waals surface area contributed by atoms with E-state index < -0.39 is 18.7 Å². The molecule has 6 heteroatoms. The highest BCUT2D eigenvalue weighted by Crippen LogP contribution is 2.30. The Hall–Kier alpha value is -0.0700. The molecule has 0 fully saturated rings. The third kappa shape index (κ3) is 4.84. The van der Waals surface area contributed by atoms with E-state index in [1.54, 1.807) is 18.2 Å². The minimum absolute atomic E-state index is 0.327. The summed E-state index contributed by atoms with van der Waals surface area (Å²) in [6.07, 6.45) is -6.65. The van der Waals surface area contributed by atoms with Crippen LogP contribution in [0.1, 0.15) is 24.5 Å². The van der Waals surface area contributed by atoms with Gasteiger partial charge in [0.1, 0.15) is 0 Å². The lowest BCUT2D eigenvalue weighted by Crippen LogP contribution is -2.10. The Labute approximate surface area is 108 Å². The zero-order chi connectivity index (χ0) is 12.3. The van der Waals surface area contributed by atoms with Crippen LogP contribution >= 0.6 is 31.9 Å². The van der Waals surface area contributed by atoms with Gasteiger partial charge in [-0.2, -0.15) is 13.2 Å². The number of aliphatic hydroxyl groups is 1. The average molecular weight is 362 g/mol. The second-order valence-corrected chi connectivity index (χ2v) is 5.20. The van der Waals surface area contributed by atoms with E-state index in [1.807, 2.05) is 0 Å². The first-order valence-electron chi connectivity index (χ1n) is 4.49. The van der Waals surface area contributed by atoms with Crippen molar-refractivity contribution in [1.82, 2.24) is 0 Å². The summed E-state index contributed by atoms with van der Waals surface area (Å²) in [4.78, 5) is 0. The summed E-state index contributed by atoms with van der Waals surface area (Å²) in [5.74, 6) is 0. The molecule has 1 unspecified atom stereocenters. The lowest BCUT2D eigenvalue weighted by Gasteiger charge is -2.13. The number of hydrogen-bond donors (Lipinski definition) is 1. The molecular weight excluding hydrogens is 353 g/mol. The summed E-state index contributed by atoms with van der Waals surface area (Å²) in [6, 6.07) is 4.96. The quantitative estimate of drug-likeness (QED) is 0.834. The predicted molar refractivity (Wildman–Crippen MR) is 62.1 cm³/mol. The number of rotatable bonds is 3. The van der Waals surface area contributed by atoms with Crippen molar-refractivity contribution < 1.29 is 18.3 Å². The molecule has 1 N–H and O–H groups in total. The zero-order valence-corrected chi connectivity index (χ0v) is 11.2. The summed E-state index contributed by atoms with van der Waals surface area (Å²) in [5, 5.41) is 9.59. The van der Waals surface area contributed by atoms with Crippen LogP contribution in [0.15, 0.2) is 27.1 Å². The molecule has 1 nitrogen and oxygen atoms in total. The van der Waals surface area contributed by atoms with Crippen LogP contribution in [0.3, 0.4) is 0 Å². The van der Waals surface area contributed by atoms with Gasteiger partial charge in [0.15, 0.2) is 0 Å². The fourth-order valence-electron chi connectivity index (χ4n) is 1.23. The number of hydrogen-bond acceptors (Lipinski definition) is 1. The number of aliphatic hydroxyl groups excluding tert-OH is 1. The van der Waals surface area contributed by atoms with E-state index in [4.69, 9.17) is 0 Å². The van der Waals surface area contributed by atoms with Crippen LogP contribution in [0.5, 0.6) is 0 Å². The Balaban J connectivity index is 2.69. The van der Waals surface area contributed by atoms with Gasteiger partial charge in [0.2, 0.25) is 0 Å². The van der Waals surface area contributed by atoms with Crippen molar-refractivity contribution in [2.45, 2.75) is 25.1 Å². The maximum Gasteiger partial charge on any atom is 0.389 e. The molecule has 1 rings (SSSR count). The van der Waals surface area contributed by atoms with Gasteiger partial charge in [0.25, 0.3) is 0 Å². The molecule has 1 atom stereocenters. The molecule has 0 saturated heterocycles. The van der Waals surface area contributed by atoms with Gasteiger partial charge in [-0.3, -0.25) is 0 Å². The number of halogens is 5. The fourth-order valence-corrected chi connectivity index (χ4v) is 2.56. The van der Waals surface area contributed by atoms with Gasteiger partial charge >= 0.3 is 6.18 Å². The van der Waals surface area contributed by atoms with Gasteiger partial charge in [-0.15, -0.1) is 0 Å². The minimum Gasteiger partial charge on any atom is -0.388 e. The van der Waals surface area contributed by atoms with Crippen LogP contribution in [0.2, 0.25) is 0 Å². The van der Waals surface area contributed by atoms with Crippen LogP contribution in [0.25, 0.3) is 0 Å². The van der Waals surface area contributed by atoms with Gasteiger partial charge in [-0.05, 0) is 30.2 Å². The van der Waals surface area contributed by atoms with Crippen LogP contribution in [-0.2, 0) is 0 Å². The van der Waals surface area contributed by atoms with Crippen molar-refractivity contribution in [2.24, 2.45) is 0 Å². The molecule has 0 spiro atoms. The van der Waals surface area contributed by atoms with Crippen molar-refractivity contribution >= 4 is 31.9 Å². The van der Waals surface area contributed by atoms with Crippen molar-refractivity contribution in [3.8, 4) is 0 Å². The maximum absolute atomic E-state index is 12.0. The zero-order valence-electron chi connectivity index (χ0n) is 8.06. The van der Waals surface area contributed by atoms with Gasteiger partial charge < -0.3 is 5.11 Å². The molecular formula is C10H9Br2F3O. The lowest BCUT2D eigenvalue weighted by molar-refractivity contribution is -0.140. The van der Waals surface area contributed by atoms with E-state index in [0.29, 0.717) is 14.5 Å². The predicted octanol–water partition coefficient (Wildman–Crippen LogP) is 4.59. The van der Waals surface area contributed by atoms with Crippen LogP contribution in [0, 0.1) is 0 Å². The Kier molecular flexibility index (Phi) is 4.82. The Morgan fingerprint density at radius 3 is 2.06 bits per heavy atom. The summed E-state index contributed by atoms with van der Waals surface area (Å²) < 4.78 is 37.3. The van der Waals surface area contributed by atoms with Gasteiger partial charge in [-0.1, -0.05) is 31.9 Å². The highest BCUT2D eigenvalue weighted by molar-refractivity contribution is 9.11. The molecule has 0 aliphatic carbocycles. The molecule has 16 heavy (non-hydrogen) atoms. The number of alkyl halides is 3. The van der Waals surface area contributed by atoms with Crippen LogP contribution < -0.4 is 0 Å². The van der Waals surface area contributed by atoms with E-state index in [1.165, 1.54) is 0 Å². The molecule has 0 aliphatic heterocycles. The van der Waals surface area contributed by atoms with Crippen molar-refractivity contribution in [2.75, 3.05) is 0 Å².